The minimum Gasteiger partial charge on any atom is -1.00 e. The average Bonchev–Trinajstić information content (AvgIpc) is 2.80. The zero-order valence-electron chi connectivity index (χ0n) is 19.8. The number of carbonyl (C=O) groups is 3. The SMILES string of the molecule is CCC(Cc1cnc2nc(=N)[nH]c(N)c2n1)c1ccc(C(=O)N[C@@H](CCC(=O)O)C(=O)O)cc1.[Cl-].[H+]. The van der Waals surface area contributed by atoms with E-state index in [9.17, 15) is 19.5 Å². The first-order valence-electron chi connectivity index (χ1n) is 10.6. The molecule has 7 N–H and O–H groups in total. The number of amides is 1. The van der Waals surface area contributed by atoms with Gasteiger partial charge in [0.1, 0.15) is 17.4 Å². The maximum absolute atomic E-state index is 12.5. The summed E-state index contributed by atoms with van der Waals surface area (Å²) in [6, 6.07) is 5.49. The van der Waals surface area contributed by atoms with Gasteiger partial charge in [-0.2, -0.15) is 4.98 Å². The summed E-state index contributed by atoms with van der Waals surface area (Å²) in [7, 11) is 0. The lowest BCUT2D eigenvalue weighted by Gasteiger charge is -2.17. The van der Waals surface area contributed by atoms with Gasteiger partial charge < -0.3 is 38.7 Å². The van der Waals surface area contributed by atoms with Crippen molar-refractivity contribution in [2.75, 3.05) is 5.73 Å². The number of nitrogens with zero attached hydrogens (tertiary/aromatic N) is 3. The van der Waals surface area contributed by atoms with E-state index in [1.54, 1.807) is 30.5 Å². The fourth-order valence-corrected chi connectivity index (χ4v) is 3.52. The Morgan fingerprint density at radius 2 is 1.89 bits per heavy atom. The minimum absolute atomic E-state index is 0. The zero-order chi connectivity index (χ0) is 24.8. The fraction of sp³-hybridized carbons (Fsp3) is 0.318. The van der Waals surface area contributed by atoms with Crippen molar-refractivity contribution in [1.82, 2.24) is 25.3 Å². The number of halogens is 1. The number of aliphatic carboxylic acids is 2. The van der Waals surface area contributed by atoms with Crippen molar-refractivity contribution in [3.63, 3.8) is 0 Å². The number of H-pyrrole nitrogens is 1. The zero-order valence-corrected chi connectivity index (χ0v) is 19.5. The number of rotatable bonds is 10. The number of nitrogens with two attached hydrogens (primary N) is 1. The Balaban J connectivity index is 0.00000324. The average molecular weight is 504 g/mol. The van der Waals surface area contributed by atoms with Gasteiger partial charge in [0.05, 0.1) is 11.9 Å². The first kappa shape index (κ1) is 27.2. The Hall–Kier alpha value is -4.06. The Morgan fingerprint density at radius 1 is 1.20 bits per heavy atom. The molecule has 3 aromatic rings. The third kappa shape index (κ3) is 6.96. The number of hydrogen-bond acceptors (Lipinski definition) is 8. The largest absolute Gasteiger partial charge is 1.00 e. The molecule has 0 aliphatic rings. The van der Waals surface area contributed by atoms with Crippen molar-refractivity contribution >= 4 is 34.8 Å². The van der Waals surface area contributed by atoms with Crippen LogP contribution in [0.1, 0.15) is 55.1 Å². The van der Waals surface area contributed by atoms with Crippen LogP contribution >= 0.6 is 0 Å². The predicted octanol–water partition coefficient (Wildman–Crippen LogP) is -1.68. The number of fused-ring (bicyclic) bond motifs is 1. The number of carbonyl (C=O) groups excluding carboxylic acids is 1. The molecule has 12 nitrogen and oxygen atoms in total. The molecule has 35 heavy (non-hydrogen) atoms. The Kier molecular flexibility index (Phi) is 9.23. The van der Waals surface area contributed by atoms with Crippen LogP contribution in [-0.4, -0.2) is 54.0 Å². The van der Waals surface area contributed by atoms with Gasteiger partial charge in [0.15, 0.2) is 5.65 Å². The number of benzene rings is 1. The number of carboxylic acids is 2. The van der Waals surface area contributed by atoms with Crippen LogP contribution in [0.25, 0.3) is 11.2 Å². The molecule has 0 bridgehead atoms. The quantitative estimate of drug-likeness (QED) is 0.186. The number of nitrogen functional groups attached to an aromatic ring is 1. The number of hydrogen-bond donors (Lipinski definition) is 6. The van der Waals surface area contributed by atoms with E-state index in [2.05, 4.69) is 25.3 Å². The fourth-order valence-electron chi connectivity index (χ4n) is 3.52. The Labute approximate surface area is 207 Å². The highest BCUT2D eigenvalue weighted by atomic mass is 35.5. The highest BCUT2D eigenvalue weighted by Crippen LogP contribution is 2.25. The van der Waals surface area contributed by atoms with Crippen LogP contribution < -0.4 is 29.1 Å². The molecule has 1 amide bonds. The molecule has 0 saturated carbocycles. The van der Waals surface area contributed by atoms with E-state index < -0.39 is 23.9 Å². The second-order valence-electron chi connectivity index (χ2n) is 7.76. The summed E-state index contributed by atoms with van der Waals surface area (Å²) in [5.74, 6) is -2.73. The second-order valence-corrected chi connectivity index (χ2v) is 7.76. The first-order valence-corrected chi connectivity index (χ1v) is 10.6. The molecule has 1 aromatic carbocycles. The smallest absolute Gasteiger partial charge is 1.00 e. The van der Waals surface area contributed by atoms with Gasteiger partial charge in [-0.25, -0.2) is 14.8 Å². The van der Waals surface area contributed by atoms with Crippen LogP contribution in [0.2, 0.25) is 0 Å². The van der Waals surface area contributed by atoms with Crippen molar-refractivity contribution < 1.29 is 38.4 Å². The third-order valence-electron chi connectivity index (χ3n) is 5.37. The number of anilines is 1. The molecule has 0 fully saturated rings. The summed E-state index contributed by atoms with van der Waals surface area (Å²) in [4.78, 5) is 49.8. The molecule has 2 aromatic heterocycles. The molecule has 1 unspecified atom stereocenters. The summed E-state index contributed by atoms with van der Waals surface area (Å²) >= 11 is 0. The molecule has 186 valence electrons. The van der Waals surface area contributed by atoms with E-state index in [1.165, 1.54) is 0 Å². The summed E-state index contributed by atoms with van der Waals surface area (Å²) in [6.07, 6.45) is 2.37. The molecule has 0 aliphatic carbocycles. The maximum Gasteiger partial charge on any atom is 1.00 e. The van der Waals surface area contributed by atoms with E-state index >= 15 is 0 Å². The highest BCUT2D eigenvalue weighted by molar-refractivity contribution is 5.96. The first-order chi connectivity index (χ1) is 16.2. The molecule has 2 heterocycles. The van der Waals surface area contributed by atoms with E-state index in [0.29, 0.717) is 17.6 Å². The Bertz CT molecular complexity index is 1290. The van der Waals surface area contributed by atoms with Gasteiger partial charge in [0.25, 0.3) is 5.91 Å². The number of nitrogens with one attached hydrogen (secondary N) is 3. The van der Waals surface area contributed by atoms with E-state index in [0.717, 1.165) is 12.0 Å². The van der Waals surface area contributed by atoms with Gasteiger partial charge in [-0.3, -0.25) is 15.0 Å². The molecule has 0 spiro atoms. The molecule has 13 heteroatoms. The monoisotopic (exact) mass is 503 g/mol. The Morgan fingerprint density at radius 3 is 2.49 bits per heavy atom. The van der Waals surface area contributed by atoms with Crippen molar-refractivity contribution in [3.05, 3.63) is 52.9 Å². The van der Waals surface area contributed by atoms with Crippen LogP contribution in [0.3, 0.4) is 0 Å². The lowest BCUT2D eigenvalue weighted by Crippen LogP contribution is -3.00. The van der Waals surface area contributed by atoms with Crippen LogP contribution in [0.15, 0.2) is 30.5 Å². The highest BCUT2D eigenvalue weighted by Gasteiger charge is 2.22. The molecule has 3 rings (SSSR count). The van der Waals surface area contributed by atoms with Gasteiger partial charge in [0.2, 0.25) is 5.62 Å². The van der Waals surface area contributed by atoms with E-state index in [1.807, 2.05) is 6.92 Å². The van der Waals surface area contributed by atoms with Crippen molar-refractivity contribution in [2.45, 2.75) is 44.6 Å². The third-order valence-corrected chi connectivity index (χ3v) is 5.37. The van der Waals surface area contributed by atoms with Gasteiger partial charge in [-0.1, -0.05) is 19.1 Å². The standard InChI is InChI=1S/C22H25N7O5.ClH/c1-2-11(9-14-10-25-19-17(26-14)18(23)28-22(24)29-19)12-3-5-13(6-4-12)20(32)27-15(21(33)34)7-8-16(30)31;/h3-6,10-11,15H,2,7-9H2,1H3,(H,27,32)(H,30,31)(H,33,34)(H4,23,24,25,28,29);1H/t11?,15-;/m0./s1. The van der Waals surface area contributed by atoms with Crippen LogP contribution in [-0.2, 0) is 16.0 Å². The molecule has 0 radical (unpaired) electrons. The molecular formula is C22H26ClN7O5. The normalized spacial score (nSPS) is 12.4. The molecule has 0 aliphatic heterocycles. The van der Waals surface area contributed by atoms with Crippen molar-refractivity contribution in [3.8, 4) is 0 Å². The van der Waals surface area contributed by atoms with Gasteiger partial charge in [-0.05, 0) is 42.9 Å². The predicted molar refractivity (Wildman–Crippen MR) is 122 cm³/mol. The number of carboxylic acid groups (broad SMARTS) is 2. The summed E-state index contributed by atoms with van der Waals surface area (Å²) in [6.45, 7) is 2.02. The van der Waals surface area contributed by atoms with Gasteiger partial charge >= 0.3 is 13.4 Å². The maximum atomic E-state index is 12.5. The second kappa shape index (κ2) is 11.9. The van der Waals surface area contributed by atoms with Crippen molar-refractivity contribution in [1.29, 1.82) is 5.41 Å². The lowest BCUT2D eigenvalue weighted by molar-refractivity contribution is -0.140. The summed E-state index contributed by atoms with van der Waals surface area (Å²) < 4.78 is 0. The number of aromatic nitrogens is 4. The minimum atomic E-state index is -1.29. The van der Waals surface area contributed by atoms with Gasteiger partial charge in [0, 0.05) is 12.0 Å². The van der Waals surface area contributed by atoms with E-state index in [4.69, 9.17) is 16.2 Å². The lowest BCUT2D eigenvalue weighted by atomic mass is 9.91. The van der Waals surface area contributed by atoms with Crippen LogP contribution in [0, 0.1) is 5.41 Å². The van der Waals surface area contributed by atoms with Crippen LogP contribution in [0.4, 0.5) is 5.82 Å². The van der Waals surface area contributed by atoms with E-state index in [-0.39, 0.29) is 55.2 Å². The molecule has 2 atom stereocenters. The van der Waals surface area contributed by atoms with Crippen LogP contribution in [0.5, 0.6) is 0 Å². The summed E-state index contributed by atoms with van der Waals surface area (Å²) in [5, 5.41) is 27.9. The van der Waals surface area contributed by atoms with Gasteiger partial charge in [-0.15, -0.1) is 0 Å². The topological polar surface area (TPSA) is 208 Å². The molecular weight excluding hydrogens is 478 g/mol. The van der Waals surface area contributed by atoms with Crippen molar-refractivity contribution in [2.24, 2.45) is 0 Å². The summed E-state index contributed by atoms with van der Waals surface area (Å²) in [5.41, 5.74) is 8.42. The molecule has 0 saturated heterocycles. The number of aromatic amines is 1.